The fraction of sp³-hybridized carbons (Fsp3) is 0.238. The molecule has 10 heteroatoms. The summed E-state index contributed by atoms with van der Waals surface area (Å²) in [4.78, 5) is 27.6. The molecule has 0 bridgehead atoms. The summed E-state index contributed by atoms with van der Waals surface area (Å²) in [5.74, 6) is -0.963. The highest BCUT2D eigenvalue weighted by molar-refractivity contribution is 6.40. The maximum absolute atomic E-state index is 12.7. The molecule has 1 heterocycles. The van der Waals surface area contributed by atoms with E-state index >= 15 is 0 Å². The third-order valence-corrected chi connectivity index (χ3v) is 5.00. The lowest BCUT2D eigenvalue weighted by molar-refractivity contribution is -0.137. The molecule has 0 aliphatic rings. The van der Waals surface area contributed by atoms with Crippen molar-refractivity contribution in [3.8, 4) is 0 Å². The smallest absolute Gasteiger partial charge is 0.416 e. The summed E-state index contributed by atoms with van der Waals surface area (Å²) in [6.07, 6.45) is -4.49. The average Bonchev–Trinajstić information content (AvgIpc) is 3.06. The lowest BCUT2D eigenvalue weighted by atomic mass is 10.1. The molecule has 0 amide bonds. The molecule has 3 aromatic rings. The number of anilines is 1. The molecular formula is C21H17Cl2F3N2O3. The molecule has 0 radical (unpaired) electrons. The van der Waals surface area contributed by atoms with Gasteiger partial charge in [0.25, 0.3) is 0 Å². The SMILES string of the molecule is CCOC(=O)c1[nH]c2cc(Cl)cc(Cl)c2c1NCCC(=O)c1ccc(C(F)(F)F)cc1. The highest BCUT2D eigenvalue weighted by atomic mass is 35.5. The molecule has 0 fully saturated rings. The topological polar surface area (TPSA) is 71.2 Å². The van der Waals surface area contributed by atoms with Crippen molar-refractivity contribution < 1.29 is 27.5 Å². The molecule has 5 nitrogen and oxygen atoms in total. The van der Waals surface area contributed by atoms with Crippen LogP contribution in [-0.2, 0) is 10.9 Å². The number of aromatic nitrogens is 1. The number of hydrogen-bond acceptors (Lipinski definition) is 4. The van der Waals surface area contributed by atoms with E-state index in [4.69, 9.17) is 27.9 Å². The van der Waals surface area contributed by atoms with Crippen molar-refractivity contribution in [2.75, 3.05) is 18.5 Å². The van der Waals surface area contributed by atoms with Crippen LogP contribution in [0.4, 0.5) is 18.9 Å². The van der Waals surface area contributed by atoms with E-state index in [1.165, 1.54) is 6.07 Å². The zero-order valence-electron chi connectivity index (χ0n) is 16.2. The number of alkyl halides is 3. The summed E-state index contributed by atoms with van der Waals surface area (Å²) in [5.41, 5.74) is 0.327. The van der Waals surface area contributed by atoms with Crippen LogP contribution >= 0.6 is 23.2 Å². The van der Waals surface area contributed by atoms with Crippen LogP contribution in [0.15, 0.2) is 36.4 Å². The zero-order valence-corrected chi connectivity index (χ0v) is 17.7. The Balaban J connectivity index is 1.79. The van der Waals surface area contributed by atoms with Crippen LogP contribution in [0, 0.1) is 0 Å². The molecule has 1 aromatic heterocycles. The Kier molecular flexibility index (Phi) is 6.81. The second-order valence-electron chi connectivity index (χ2n) is 6.58. The molecule has 2 aromatic carbocycles. The summed E-state index contributed by atoms with van der Waals surface area (Å²) in [6.45, 7) is 1.94. The van der Waals surface area contributed by atoms with Gasteiger partial charge in [0, 0.05) is 28.9 Å². The summed E-state index contributed by atoms with van der Waals surface area (Å²) in [5, 5.41) is 4.19. The third kappa shape index (κ3) is 5.14. The number of rotatable bonds is 7. The van der Waals surface area contributed by atoms with E-state index in [1.54, 1.807) is 13.0 Å². The van der Waals surface area contributed by atoms with Gasteiger partial charge in [-0.2, -0.15) is 13.2 Å². The van der Waals surface area contributed by atoms with Crippen molar-refractivity contribution in [1.29, 1.82) is 0 Å². The number of aromatic amines is 1. The van der Waals surface area contributed by atoms with Gasteiger partial charge in [0.1, 0.15) is 5.69 Å². The van der Waals surface area contributed by atoms with Crippen LogP contribution < -0.4 is 5.32 Å². The molecule has 0 saturated carbocycles. The zero-order chi connectivity index (χ0) is 22.8. The Hall–Kier alpha value is -2.71. The van der Waals surface area contributed by atoms with Gasteiger partial charge < -0.3 is 15.0 Å². The van der Waals surface area contributed by atoms with Gasteiger partial charge in [-0.3, -0.25) is 4.79 Å². The largest absolute Gasteiger partial charge is 0.461 e. The lowest BCUT2D eigenvalue weighted by Gasteiger charge is -2.10. The average molecular weight is 473 g/mol. The Bertz CT molecular complexity index is 1130. The molecule has 164 valence electrons. The minimum Gasteiger partial charge on any atom is -0.461 e. The molecule has 0 aliphatic carbocycles. The molecule has 3 rings (SSSR count). The minimum atomic E-state index is -4.47. The van der Waals surface area contributed by atoms with Crippen LogP contribution in [0.25, 0.3) is 10.9 Å². The van der Waals surface area contributed by atoms with Crippen molar-refractivity contribution in [1.82, 2.24) is 4.98 Å². The number of hydrogen-bond donors (Lipinski definition) is 2. The Morgan fingerprint density at radius 1 is 1.13 bits per heavy atom. The maximum Gasteiger partial charge on any atom is 0.416 e. The summed E-state index contributed by atoms with van der Waals surface area (Å²) < 4.78 is 43.1. The number of benzene rings is 2. The van der Waals surface area contributed by atoms with E-state index in [2.05, 4.69) is 10.3 Å². The molecule has 31 heavy (non-hydrogen) atoms. The molecule has 0 atom stereocenters. The summed E-state index contributed by atoms with van der Waals surface area (Å²) in [6, 6.07) is 7.13. The van der Waals surface area contributed by atoms with Crippen molar-refractivity contribution >= 4 is 51.5 Å². The van der Waals surface area contributed by atoms with Crippen LogP contribution in [0.1, 0.15) is 39.8 Å². The maximum atomic E-state index is 12.7. The van der Waals surface area contributed by atoms with Crippen LogP contribution in [0.2, 0.25) is 10.0 Å². The fourth-order valence-corrected chi connectivity index (χ4v) is 3.66. The number of ketones is 1. The van der Waals surface area contributed by atoms with E-state index in [9.17, 15) is 22.8 Å². The van der Waals surface area contributed by atoms with Gasteiger partial charge in [-0.25, -0.2) is 4.79 Å². The van der Waals surface area contributed by atoms with E-state index in [-0.39, 0.29) is 36.6 Å². The van der Waals surface area contributed by atoms with Crippen LogP contribution in [0.5, 0.6) is 0 Å². The molecular weight excluding hydrogens is 456 g/mol. The second kappa shape index (κ2) is 9.20. The van der Waals surface area contributed by atoms with Gasteiger partial charge in [0.2, 0.25) is 0 Å². The molecule has 2 N–H and O–H groups in total. The van der Waals surface area contributed by atoms with Gasteiger partial charge in [-0.15, -0.1) is 0 Å². The fourth-order valence-electron chi connectivity index (χ4n) is 3.07. The molecule has 0 aliphatic heterocycles. The molecule has 0 saturated heterocycles. The number of carbonyl (C=O) groups excluding carboxylic acids is 2. The highest BCUT2D eigenvalue weighted by Gasteiger charge is 2.30. The van der Waals surface area contributed by atoms with Gasteiger partial charge in [-0.05, 0) is 31.2 Å². The van der Waals surface area contributed by atoms with Gasteiger partial charge in [-0.1, -0.05) is 35.3 Å². The quantitative estimate of drug-likeness (QED) is 0.310. The second-order valence-corrected chi connectivity index (χ2v) is 7.42. The Labute approximate surface area is 185 Å². The first kappa shape index (κ1) is 23.0. The van der Waals surface area contributed by atoms with E-state index in [1.807, 2.05) is 0 Å². The minimum absolute atomic E-state index is 0.0223. The number of ether oxygens (including phenoxy) is 1. The van der Waals surface area contributed by atoms with E-state index in [0.717, 1.165) is 24.3 Å². The highest BCUT2D eigenvalue weighted by Crippen LogP contribution is 2.36. The Morgan fingerprint density at radius 2 is 1.81 bits per heavy atom. The predicted molar refractivity (Wildman–Crippen MR) is 113 cm³/mol. The van der Waals surface area contributed by atoms with E-state index in [0.29, 0.717) is 26.6 Å². The Morgan fingerprint density at radius 3 is 2.42 bits per heavy atom. The standard InChI is InChI=1S/C21H17Cl2F3N2O3/c1-2-31-20(30)19-18(17-14(23)9-13(22)10-15(17)28-19)27-8-7-16(29)11-3-5-12(6-4-11)21(24,25)26/h3-6,9-10,27-28H,2,7-8H2,1H3. The monoisotopic (exact) mass is 472 g/mol. The number of H-pyrrole nitrogens is 1. The van der Waals surface area contributed by atoms with E-state index < -0.39 is 17.7 Å². The van der Waals surface area contributed by atoms with Crippen molar-refractivity contribution in [3.05, 3.63) is 63.3 Å². The number of halogens is 5. The van der Waals surface area contributed by atoms with Crippen LogP contribution in [-0.4, -0.2) is 29.9 Å². The van der Waals surface area contributed by atoms with Crippen LogP contribution in [0.3, 0.4) is 0 Å². The lowest BCUT2D eigenvalue weighted by Crippen LogP contribution is -2.13. The number of carbonyl (C=O) groups is 2. The summed E-state index contributed by atoms with van der Waals surface area (Å²) >= 11 is 12.3. The van der Waals surface area contributed by atoms with Crippen molar-refractivity contribution in [3.63, 3.8) is 0 Å². The van der Waals surface area contributed by atoms with Gasteiger partial charge in [0.05, 0.1) is 28.4 Å². The van der Waals surface area contributed by atoms with Gasteiger partial charge >= 0.3 is 12.1 Å². The first-order chi connectivity index (χ1) is 14.6. The third-order valence-electron chi connectivity index (χ3n) is 4.48. The first-order valence-electron chi connectivity index (χ1n) is 9.24. The number of fused-ring (bicyclic) bond motifs is 1. The number of nitrogens with one attached hydrogen (secondary N) is 2. The number of esters is 1. The predicted octanol–water partition coefficient (Wildman–Crippen LogP) is 6.36. The first-order valence-corrected chi connectivity index (χ1v) is 9.99. The number of Topliss-reactive ketones (excluding diaryl/α,β-unsaturated/α-hetero) is 1. The van der Waals surface area contributed by atoms with Crippen molar-refractivity contribution in [2.45, 2.75) is 19.5 Å². The van der Waals surface area contributed by atoms with Crippen molar-refractivity contribution in [2.24, 2.45) is 0 Å². The molecule has 0 spiro atoms. The normalized spacial score (nSPS) is 11.5. The summed E-state index contributed by atoms with van der Waals surface area (Å²) in [7, 11) is 0. The molecule has 0 unspecified atom stereocenters. The van der Waals surface area contributed by atoms with Gasteiger partial charge in [0.15, 0.2) is 5.78 Å².